The van der Waals surface area contributed by atoms with Crippen LogP contribution in [0.25, 0.3) is 0 Å². The second kappa shape index (κ2) is 7.72. The topological polar surface area (TPSA) is 9.72 Å². The summed E-state index contributed by atoms with van der Waals surface area (Å²) in [5.74, 6) is 0.927. The zero-order valence-electron chi connectivity index (χ0n) is 18.6. The molecule has 0 unspecified atom stereocenters. The van der Waals surface area contributed by atoms with Crippen LogP contribution < -0.4 is 0 Å². The summed E-state index contributed by atoms with van der Waals surface area (Å²) in [6.45, 7) is 24.8. The molecule has 0 spiro atoms. The molecule has 3 aliphatic rings. The highest BCUT2D eigenvalue weighted by molar-refractivity contribution is 4.98. The van der Waals surface area contributed by atoms with Crippen molar-refractivity contribution in [1.82, 2.24) is 14.7 Å². The number of nitrogens with zero attached hydrogens (tertiary/aromatic N) is 3. The summed E-state index contributed by atoms with van der Waals surface area (Å²) in [5, 5.41) is 0. The van der Waals surface area contributed by atoms with Gasteiger partial charge in [0.05, 0.1) is 0 Å². The third-order valence-electron chi connectivity index (χ3n) is 6.97. The van der Waals surface area contributed by atoms with Gasteiger partial charge in [-0.05, 0) is 82.7 Å². The first kappa shape index (κ1) is 20.6. The van der Waals surface area contributed by atoms with Gasteiger partial charge in [0.25, 0.3) is 0 Å². The van der Waals surface area contributed by atoms with Crippen molar-refractivity contribution in [1.29, 1.82) is 0 Å². The van der Waals surface area contributed by atoms with Crippen molar-refractivity contribution in [2.45, 2.75) is 79.2 Å². The first-order valence-electron chi connectivity index (χ1n) is 11.2. The van der Waals surface area contributed by atoms with E-state index in [1.807, 2.05) is 0 Å². The number of rotatable bonds is 5. The van der Waals surface area contributed by atoms with E-state index in [0.29, 0.717) is 16.4 Å². The van der Waals surface area contributed by atoms with Crippen molar-refractivity contribution >= 4 is 0 Å². The predicted molar refractivity (Wildman–Crippen MR) is 113 cm³/mol. The van der Waals surface area contributed by atoms with Gasteiger partial charge in [-0.15, -0.1) is 0 Å². The van der Waals surface area contributed by atoms with Gasteiger partial charge in [0.15, 0.2) is 0 Å². The molecule has 1 aliphatic carbocycles. The van der Waals surface area contributed by atoms with Crippen molar-refractivity contribution in [2.75, 3.05) is 52.4 Å². The molecular formula is C23H45N3. The van der Waals surface area contributed by atoms with Crippen LogP contribution in [0.1, 0.15) is 73.6 Å². The van der Waals surface area contributed by atoms with Gasteiger partial charge >= 0.3 is 0 Å². The molecule has 2 saturated heterocycles. The molecule has 1 saturated carbocycles. The molecule has 26 heavy (non-hydrogen) atoms. The third kappa shape index (κ3) is 5.94. The predicted octanol–water partition coefficient (Wildman–Crippen LogP) is 4.33. The van der Waals surface area contributed by atoms with Gasteiger partial charge < -0.3 is 9.80 Å². The molecule has 0 atom stereocenters. The Labute approximate surface area is 163 Å². The SMILES string of the molecule is CC(C)(C)CC1(CN2CCN(CC3CCN(C(C)(C)C)CC3)CC2)CC1. The van der Waals surface area contributed by atoms with E-state index in [4.69, 9.17) is 0 Å². The zero-order chi connectivity index (χ0) is 19.0. The highest BCUT2D eigenvalue weighted by atomic mass is 15.3. The largest absolute Gasteiger partial charge is 0.301 e. The maximum atomic E-state index is 2.78. The maximum Gasteiger partial charge on any atom is 0.0125 e. The summed E-state index contributed by atoms with van der Waals surface area (Å²) in [4.78, 5) is 8.21. The van der Waals surface area contributed by atoms with E-state index < -0.39 is 0 Å². The molecule has 0 amide bonds. The van der Waals surface area contributed by atoms with Crippen LogP contribution in [0.15, 0.2) is 0 Å². The molecule has 2 aliphatic heterocycles. The molecule has 0 radical (unpaired) electrons. The smallest absolute Gasteiger partial charge is 0.0125 e. The second-order valence-electron chi connectivity index (χ2n) is 11.9. The average Bonchev–Trinajstić information content (AvgIpc) is 3.26. The summed E-state index contributed by atoms with van der Waals surface area (Å²) in [6.07, 6.45) is 7.14. The fourth-order valence-corrected chi connectivity index (χ4v) is 5.45. The fraction of sp³-hybridized carbons (Fsp3) is 1.00. The number of piperazine rings is 1. The first-order valence-corrected chi connectivity index (χ1v) is 11.2. The van der Waals surface area contributed by atoms with E-state index in [2.05, 4.69) is 56.2 Å². The third-order valence-corrected chi connectivity index (χ3v) is 6.97. The molecule has 3 fully saturated rings. The molecule has 0 aromatic rings. The van der Waals surface area contributed by atoms with Crippen LogP contribution in [0.4, 0.5) is 0 Å². The fourth-order valence-electron chi connectivity index (χ4n) is 5.45. The van der Waals surface area contributed by atoms with Crippen molar-refractivity contribution in [3.8, 4) is 0 Å². The Balaban J connectivity index is 1.36. The Morgan fingerprint density at radius 3 is 1.77 bits per heavy atom. The van der Waals surface area contributed by atoms with Crippen LogP contribution in [0.3, 0.4) is 0 Å². The minimum atomic E-state index is 0.350. The van der Waals surface area contributed by atoms with Gasteiger partial charge in [-0.2, -0.15) is 0 Å². The summed E-state index contributed by atoms with van der Waals surface area (Å²) in [7, 11) is 0. The van der Waals surface area contributed by atoms with Crippen LogP contribution >= 0.6 is 0 Å². The minimum Gasteiger partial charge on any atom is -0.301 e. The summed E-state index contributed by atoms with van der Waals surface area (Å²) in [6, 6.07) is 0. The molecule has 152 valence electrons. The quantitative estimate of drug-likeness (QED) is 0.720. The van der Waals surface area contributed by atoms with Crippen LogP contribution in [0.2, 0.25) is 0 Å². The van der Waals surface area contributed by atoms with E-state index in [1.54, 1.807) is 0 Å². The average molecular weight is 364 g/mol. The van der Waals surface area contributed by atoms with Crippen LogP contribution in [-0.2, 0) is 0 Å². The second-order valence-corrected chi connectivity index (χ2v) is 11.9. The standard InChI is InChI=1S/C23H45N3/c1-21(2,3)18-23(9-10-23)19-25-15-13-24(14-16-25)17-20-7-11-26(12-8-20)22(4,5)6/h20H,7-19H2,1-6H3. The number of likely N-dealkylation sites (tertiary alicyclic amines) is 1. The molecule has 0 bridgehead atoms. The van der Waals surface area contributed by atoms with Gasteiger partial charge in [0.2, 0.25) is 0 Å². The lowest BCUT2D eigenvalue weighted by Crippen LogP contribution is -2.51. The molecule has 0 aromatic carbocycles. The van der Waals surface area contributed by atoms with Crippen molar-refractivity contribution in [3.63, 3.8) is 0 Å². The molecular weight excluding hydrogens is 318 g/mol. The van der Waals surface area contributed by atoms with E-state index in [1.165, 1.54) is 84.5 Å². The summed E-state index contributed by atoms with van der Waals surface area (Å²) >= 11 is 0. The molecule has 3 heteroatoms. The van der Waals surface area contributed by atoms with Crippen LogP contribution in [-0.4, -0.2) is 72.6 Å². The molecule has 0 aromatic heterocycles. The Morgan fingerprint density at radius 1 is 0.769 bits per heavy atom. The maximum absolute atomic E-state index is 2.78. The lowest BCUT2D eigenvalue weighted by atomic mass is 9.82. The van der Waals surface area contributed by atoms with Gasteiger partial charge in [-0.3, -0.25) is 4.90 Å². The Kier molecular flexibility index (Phi) is 6.12. The summed E-state index contributed by atoms with van der Waals surface area (Å²) in [5.41, 5.74) is 1.50. The molecule has 3 rings (SSSR count). The Bertz CT molecular complexity index is 439. The molecule has 2 heterocycles. The number of piperidine rings is 1. The monoisotopic (exact) mass is 363 g/mol. The summed E-state index contributed by atoms with van der Waals surface area (Å²) < 4.78 is 0. The van der Waals surface area contributed by atoms with Gasteiger partial charge in [0.1, 0.15) is 0 Å². The Hall–Kier alpha value is -0.120. The highest BCUT2D eigenvalue weighted by Gasteiger charge is 2.46. The van der Waals surface area contributed by atoms with Gasteiger partial charge in [-0.1, -0.05) is 20.8 Å². The van der Waals surface area contributed by atoms with Crippen molar-refractivity contribution < 1.29 is 0 Å². The normalized spacial score (nSPS) is 27.0. The number of hydrogen-bond donors (Lipinski definition) is 0. The minimum absolute atomic E-state index is 0.350. The van der Waals surface area contributed by atoms with E-state index in [9.17, 15) is 0 Å². The van der Waals surface area contributed by atoms with Gasteiger partial charge in [0, 0.05) is 44.8 Å². The highest BCUT2D eigenvalue weighted by Crippen LogP contribution is 2.53. The van der Waals surface area contributed by atoms with Gasteiger partial charge in [-0.25, -0.2) is 0 Å². The van der Waals surface area contributed by atoms with Crippen LogP contribution in [0.5, 0.6) is 0 Å². The lowest BCUT2D eigenvalue weighted by molar-refractivity contribution is 0.0557. The van der Waals surface area contributed by atoms with Crippen molar-refractivity contribution in [3.05, 3.63) is 0 Å². The molecule has 0 N–H and O–H groups in total. The zero-order valence-corrected chi connectivity index (χ0v) is 18.6. The van der Waals surface area contributed by atoms with Crippen molar-refractivity contribution in [2.24, 2.45) is 16.7 Å². The van der Waals surface area contributed by atoms with E-state index >= 15 is 0 Å². The van der Waals surface area contributed by atoms with Crippen LogP contribution in [0, 0.1) is 16.7 Å². The van der Waals surface area contributed by atoms with E-state index in [-0.39, 0.29) is 0 Å². The molecule has 3 nitrogen and oxygen atoms in total. The first-order chi connectivity index (χ1) is 12.0. The Morgan fingerprint density at radius 2 is 1.31 bits per heavy atom. The van der Waals surface area contributed by atoms with E-state index in [0.717, 1.165) is 5.92 Å². The number of hydrogen-bond acceptors (Lipinski definition) is 3. The lowest BCUT2D eigenvalue weighted by Gasteiger charge is -2.43.